The molecule has 0 unspecified atom stereocenters. The van der Waals surface area contributed by atoms with Crippen LogP contribution in [-0.2, 0) is 16.2 Å². The van der Waals surface area contributed by atoms with E-state index in [9.17, 15) is 9.59 Å². The van der Waals surface area contributed by atoms with Crippen LogP contribution in [-0.4, -0.2) is 17.9 Å². The van der Waals surface area contributed by atoms with Crippen molar-refractivity contribution < 1.29 is 14.3 Å². The van der Waals surface area contributed by atoms with Gasteiger partial charge in [0.05, 0.1) is 11.6 Å². The maximum absolute atomic E-state index is 12.2. The van der Waals surface area contributed by atoms with Gasteiger partial charge in [-0.1, -0.05) is 12.1 Å². The fraction of sp³-hybridized carbons (Fsp3) is 0.250. The fourth-order valence-corrected chi connectivity index (χ4v) is 2.79. The van der Waals surface area contributed by atoms with Gasteiger partial charge in [-0.15, -0.1) is 0 Å². The number of carbonyl (C=O) groups excluding carboxylic acids is 2. The van der Waals surface area contributed by atoms with Crippen molar-refractivity contribution in [2.45, 2.75) is 32.4 Å². The van der Waals surface area contributed by atoms with E-state index in [4.69, 9.17) is 10.00 Å². The lowest BCUT2D eigenvalue weighted by atomic mass is 10.1. The van der Waals surface area contributed by atoms with E-state index in [0.717, 1.165) is 11.1 Å². The number of hydrogen-bond acceptors (Lipinski definition) is 4. The van der Waals surface area contributed by atoms with Crippen LogP contribution >= 0.6 is 0 Å². The Labute approximate surface area is 151 Å². The first-order valence-electron chi connectivity index (χ1n) is 8.38. The summed E-state index contributed by atoms with van der Waals surface area (Å²) in [6, 6.07) is 14.3. The van der Waals surface area contributed by atoms with Crippen LogP contribution in [0.5, 0.6) is 5.75 Å². The number of nitriles is 1. The number of nitrogens with zero attached hydrogens (tertiary/aromatic N) is 1. The topological polar surface area (TPSA) is 91.2 Å². The predicted octanol–water partition coefficient (Wildman–Crippen LogP) is 2.66. The number of carbonyl (C=O) groups is 2. The van der Waals surface area contributed by atoms with Crippen molar-refractivity contribution >= 4 is 17.5 Å². The zero-order chi connectivity index (χ0) is 18.5. The molecule has 6 nitrogen and oxygen atoms in total. The molecule has 2 aromatic rings. The van der Waals surface area contributed by atoms with Gasteiger partial charge in [0.15, 0.2) is 0 Å². The quantitative estimate of drug-likeness (QED) is 0.868. The molecule has 0 aliphatic carbocycles. The van der Waals surface area contributed by atoms with Crippen LogP contribution in [0, 0.1) is 18.3 Å². The van der Waals surface area contributed by atoms with Gasteiger partial charge in [-0.3, -0.25) is 9.59 Å². The molecule has 0 bridgehead atoms. The number of aryl methyl sites for hydroxylation is 1. The molecule has 0 saturated carbocycles. The Bertz CT molecular complexity index is 886. The van der Waals surface area contributed by atoms with Gasteiger partial charge in [0.2, 0.25) is 11.8 Å². The first-order chi connectivity index (χ1) is 12.5. The largest absolute Gasteiger partial charge is 0.489 e. The number of benzene rings is 2. The van der Waals surface area contributed by atoms with E-state index in [1.807, 2.05) is 25.1 Å². The molecule has 1 heterocycles. The number of rotatable bonds is 5. The van der Waals surface area contributed by atoms with Crippen LogP contribution in [0.3, 0.4) is 0 Å². The van der Waals surface area contributed by atoms with Gasteiger partial charge < -0.3 is 15.4 Å². The highest BCUT2D eigenvalue weighted by Crippen LogP contribution is 2.23. The van der Waals surface area contributed by atoms with E-state index in [-0.39, 0.29) is 11.8 Å². The molecule has 132 valence electrons. The molecular formula is C20H19N3O3. The van der Waals surface area contributed by atoms with Crippen molar-refractivity contribution in [2.24, 2.45) is 0 Å². The van der Waals surface area contributed by atoms with Crippen LogP contribution in [0.2, 0.25) is 0 Å². The van der Waals surface area contributed by atoms with Gasteiger partial charge in [-0.05, 0) is 54.8 Å². The molecule has 0 spiro atoms. The van der Waals surface area contributed by atoms with Crippen molar-refractivity contribution in [1.29, 1.82) is 5.26 Å². The second-order valence-electron chi connectivity index (χ2n) is 6.23. The summed E-state index contributed by atoms with van der Waals surface area (Å²) >= 11 is 0. The van der Waals surface area contributed by atoms with Crippen LogP contribution in [0.1, 0.15) is 29.5 Å². The number of anilines is 1. The highest BCUT2D eigenvalue weighted by molar-refractivity contribution is 5.99. The first kappa shape index (κ1) is 17.5. The normalized spacial score (nSPS) is 15.8. The third-order valence-corrected chi connectivity index (χ3v) is 4.23. The molecular weight excluding hydrogens is 330 g/mol. The molecule has 2 amide bonds. The standard InChI is InChI=1S/C20H19N3O3/c1-13-9-16(26-12-15-4-2-3-14(10-15)11-21)5-6-17(13)23-20(25)18-7-8-19(24)22-18/h2-6,9-10,18H,7-8,12H2,1H3,(H,22,24)(H,23,25)/t18-/m1/s1. The molecule has 26 heavy (non-hydrogen) atoms. The number of ether oxygens (including phenoxy) is 1. The van der Waals surface area contributed by atoms with E-state index < -0.39 is 6.04 Å². The summed E-state index contributed by atoms with van der Waals surface area (Å²) in [5, 5.41) is 14.4. The summed E-state index contributed by atoms with van der Waals surface area (Å²) in [6.45, 7) is 2.24. The van der Waals surface area contributed by atoms with Crippen molar-refractivity contribution in [2.75, 3.05) is 5.32 Å². The Morgan fingerprint density at radius 2 is 2.19 bits per heavy atom. The number of amides is 2. The minimum absolute atomic E-state index is 0.0916. The van der Waals surface area contributed by atoms with Crippen molar-refractivity contribution in [3.05, 3.63) is 59.2 Å². The van der Waals surface area contributed by atoms with E-state index >= 15 is 0 Å². The summed E-state index contributed by atoms with van der Waals surface area (Å²) in [5.41, 5.74) is 3.07. The average molecular weight is 349 g/mol. The van der Waals surface area contributed by atoms with E-state index in [1.165, 1.54) is 0 Å². The Morgan fingerprint density at radius 1 is 1.35 bits per heavy atom. The highest BCUT2D eigenvalue weighted by Gasteiger charge is 2.27. The second-order valence-corrected chi connectivity index (χ2v) is 6.23. The third-order valence-electron chi connectivity index (χ3n) is 4.23. The summed E-state index contributed by atoms with van der Waals surface area (Å²) in [6.07, 6.45) is 0.906. The predicted molar refractivity (Wildman–Crippen MR) is 96.5 cm³/mol. The van der Waals surface area contributed by atoms with E-state index in [0.29, 0.717) is 36.4 Å². The van der Waals surface area contributed by atoms with Crippen molar-refractivity contribution in [3.8, 4) is 11.8 Å². The molecule has 1 aliphatic heterocycles. The molecule has 0 radical (unpaired) electrons. The van der Waals surface area contributed by atoms with Gasteiger partial charge in [0.25, 0.3) is 0 Å². The SMILES string of the molecule is Cc1cc(OCc2cccc(C#N)c2)ccc1NC(=O)[C@H]1CCC(=O)N1. The van der Waals surface area contributed by atoms with Gasteiger partial charge in [-0.2, -0.15) is 5.26 Å². The van der Waals surface area contributed by atoms with Crippen LogP contribution in [0.15, 0.2) is 42.5 Å². The van der Waals surface area contributed by atoms with Crippen LogP contribution in [0.25, 0.3) is 0 Å². The summed E-state index contributed by atoms with van der Waals surface area (Å²) in [4.78, 5) is 23.4. The molecule has 2 aromatic carbocycles. The van der Waals surface area contributed by atoms with Crippen LogP contribution < -0.4 is 15.4 Å². The van der Waals surface area contributed by atoms with Gasteiger partial charge >= 0.3 is 0 Å². The monoisotopic (exact) mass is 349 g/mol. The molecule has 0 aromatic heterocycles. The maximum Gasteiger partial charge on any atom is 0.246 e. The minimum atomic E-state index is -0.467. The number of hydrogen-bond donors (Lipinski definition) is 2. The fourth-order valence-electron chi connectivity index (χ4n) is 2.79. The van der Waals surface area contributed by atoms with Crippen molar-refractivity contribution in [1.82, 2.24) is 5.32 Å². The van der Waals surface area contributed by atoms with Crippen molar-refractivity contribution in [3.63, 3.8) is 0 Å². The van der Waals surface area contributed by atoms with E-state index in [1.54, 1.807) is 24.3 Å². The lowest BCUT2D eigenvalue weighted by Crippen LogP contribution is -2.37. The Kier molecular flexibility index (Phi) is 5.18. The van der Waals surface area contributed by atoms with Gasteiger partial charge in [-0.25, -0.2) is 0 Å². The molecule has 6 heteroatoms. The Balaban J connectivity index is 1.61. The summed E-state index contributed by atoms with van der Waals surface area (Å²) in [7, 11) is 0. The Hall–Kier alpha value is -3.33. The molecule has 2 N–H and O–H groups in total. The minimum Gasteiger partial charge on any atom is -0.489 e. The smallest absolute Gasteiger partial charge is 0.246 e. The van der Waals surface area contributed by atoms with Crippen LogP contribution in [0.4, 0.5) is 5.69 Å². The summed E-state index contributed by atoms with van der Waals surface area (Å²) in [5.74, 6) is 0.379. The Morgan fingerprint density at radius 3 is 2.88 bits per heavy atom. The molecule has 1 fully saturated rings. The molecule has 1 atom stereocenters. The van der Waals surface area contributed by atoms with E-state index in [2.05, 4.69) is 16.7 Å². The summed E-state index contributed by atoms with van der Waals surface area (Å²) < 4.78 is 5.77. The zero-order valence-electron chi connectivity index (χ0n) is 14.4. The third kappa shape index (κ3) is 4.19. The lowest BCUT2D eigenvalue weighted by molar-refractivity contribution is -0.122. The second kappa shape index (κ2) is 7.70. The number of nitrogens with one attached hydrogen (secondary N) is 2. The van der Waals surface area contributed by atoms with Gasteiger partial charge in [0.1, 0.15) is 18.4 Å². The molecule has 3 rings (SSSR count). The molecule has 1 saturated heterocycles. The molecule has 1 aliphatic rings. The highest BCUT2D eigenvalue weighted by atomic mass is 16.5. The van der Waals surface area contributed by atoms with Gasteiger partial charge in [0, 0.05) is 12.1 Å². The average Bonchev–Trinajstić information content (AvgIpc) is 3.08. The maximum atomic E-state index is 12.2. The zero-order valence-corrected chi connectivity index (χ0v) is 14.4. The first-order valence-corrected chi connectivity index (χ1v) is 8.38. The lowest BCUT2D eigenvalue weighted by Gasteiger charge is -2.14.